The zero-order valence-corrected chi connectivity index (χ0v) is 12.8. The number of ether oxygens (including phenoxy) is 1. The van der Waals surface area contributed by atoms with Gasteiger partial charge < -0.3 is 4.74 Å². The van der Waals surface area contributed by atoms with Gasteiger partial charge in [-0.3, -0.25) is 4.79 Å². The van der Waals surface area contributed by atoms with Crippen molar-refractivity contribution in [3.63, 3.8) is 0 Å². The van der Waals surface area contributed by atoms with Crippen LogP contribution in [-0.2, 0) is 9.53 Å². The Morgan fingerprint density at radius 1 is 1.06 bits per heavy atom. The number of hydrogen-bond donors (Lipinski definition) is 0. The Labute approximate surface area is 107 Å². The topological polar surface area (TPSA) is 26.3 Å². The summed E-state index contributed by atoms with van der Waals surface area (Å²) < 4.78 is 5.95. The van der Waals surface area contributed by atoms with E-state index in [9.17, 15) is 4.79 Å². The van der Waals surface area contributed by atoms with Crippen LogP contribution in [0.5, 0.6) is 0 Å². The minimum atomic E-state index is -0.189. The fourth-order valence-electron chi connectivity index (χ4n) is 2.11. The first-order valence-corrected chi connectivity index (χ1v) is 6.76. The number of carbonyl (C=O) groups is 1. The van der Waals surface area contributed by atoms with Gasteiger partial charge in [-0.05, 0) is 40.0 Å². The van der Waals surface area contributed by atoms with Crippen molar-refractivity contribution >= 4 is 5.78 Å². The molecule has 0 amide bonds. The van der Waals surface area contributed by atoms with Crippen molar-refractivity contribution in [2.24, 2.45) is 17.8 Å². The van der Waals surface area contributed by atoms with Gasteiger partial charge in [0, 0.05) is 11.8 Å². The normalized spacial score (nSPS) is 16.4. The van der Waals surface area contributed by atoms with Gasteiger partial charge in [0.25, 0.3) is 0 Å². The molecular formula is C15H30O2. The lowest BCUT2D eigenvalue weighted by Crippen LogP contribution is -2.37. The van der Waals surface area contributed by atoms with Crippen LogP contribution in [-0.4, -0.2) is 17.5 Å². The number of hydrogen-bond acceptors (Lipinski definition) is 2. The van der Waals surface area contributed by atoms with Gasteiger partial charge in [0.2, 0.25) is 0 Å². The highest BCUT2D eigenvalue weighted by molar-refractivity contribution is 5.83. The Balaban J connectivity index is 4.73. The van der Waals surface area contributed by atoms with Crippen molar-refractivity contribution < 1.29 is 9.53 Å². The summed E-state index contributed by atoms with van der Waals surface area (Å²) in [7, 11) is 0. The van der Waals surface area contributed by atoms with Crippen LogP contribution in [0.25, 0.3) is 0 Å². The monoisotopic (exact) mass is 242 g/mol. The minimum Gasteiger partial charge on any atom is -0.372 e. The standard InChI is InChI=1S/C15H30O2/c1-10(2)9-13(14(16)11(3)4)12(5)17-15(6,7)8/h10-13H,9H2,1-8H3. The first kappa shape index (κ1) is 16.6. The van der Waals surface area contributed by atoms with Crippen molar-refractivity contribution in [3.05, 3.63) is 0 Å². The lowest BCUT2D eigenvalue weighted by molar-refractivity contribution is -0.137. The Hall–Kier alpha value is -0.370. The predicted molar refractivity (Wildman–Crippen MR) is 73.1 cm³/mol. The largest absolute Gasteiger partial charge is 0.372 e. The molecule has 2 unspecified atom stereocenters. The van der Waals surface area contributed by atoms with Crippen LogP contribution in [0, 0.1) is 17.8 Å². The molecule has 0 aromatic rings. The lowest BCUT2D eigenvalue weighted by Gasteiger charge is -2.32. The highest BCUT2D eigenvalue weighted by Crippen LogP contribution is 2.25. The van der Waals surface area contributed by atoms with Crippen molar-refractivity contribution in [1.82, 2.24) is 0 Å². The number of rotatable bonds is 6. The highest BCUT2D eigenvalue weighted by Gasteiger charge is 2.30. The maximum absolute atomic E-state index is 12.2. The molecule has 0 aromatic carbocycles. The number of Topliss-reactive ketones (excluding diaryl/α,β-unsaturated/α-hetero) is 1. The third kappa shape index (κ3) is 6.82. The third-order valence-corrected chi connectivity index (χ3v) is 2.77. The summed E-state index contributed by atoms with van der Waals surface area (Å²) in [5.74, 6) is 0.961. The molecule has 0 saturated heterocycles. The van der Waals surface area contributed by atoms with Crippen molar-refractivity contribution in [1.29, 1.82) is 0 Å². The van der Waals surface area contributed by atoms with Gasteiger partial charge in [-0.25, -0.2) is 0 Å². The first-order valence-electron chi connectivity index (χ1n) is 6.76. The van der Waals surface area contributed by atoms with Gasteiger partial charge in [-0.1, -0.05) is 27.7 Å². The van der Waals surface area contributed by atoms with E-state index >= 15 is 0 Å². The molecule has 2 nitrogen and oxygen atoms in total. The maximum atomic E-state index is 12.2. The highest BCUT2D eigenvalue weighted by atomic mass is 16.5. The number of ketones is 1. The van der Waals surface area contributed by atoms with Crippen molar-refractivity contribution in [2.45, 2.75) is 73.5 Å². The summed E-state index contributed by atoms with van der Waals surface area (Å²) in [5, 5.41) is 0. The Morgan fingerprint density at radius 2 is 1.53 bits per heavy atom. The van der Waals surface area contributed by atoms with Gasteiger partial charge in [0.15, 0.2) is 0 Å². The van der Waals surface area contributed by atoms with Crippen LogP contribution < -0.4 is 0 Å². The summed E-state index contributed by atoms with van der Waals surface area (Å²) in [6, 6.07) is 0. The second-order valence-electron chi connectivity index (χ2n) is 6.73. The van der Waals surface area contributed by atoms with Crippen LogP contribution in [0.2, 0.25) is 0 Å². The molecule has 0 bridgehead atoms. The maximum Gasteiger partial charge on any atom is 0.141 e. The summed E-state index contributed by atoms with van der Waals surface area (Å²) in [6.45, 7) is 16.4. The Bertz CT molecular complexity index is 236. The minimum absolute atomic E-state index is 0.00713. The molecule has 0 radical (unpaired) electrons. The molecule has 2 heteroatoms. The zero-order valence-electron chi connectivity index (χ0n) is 12.8. The van der Waals surface area contributed by atoms with Gasteiger partial charge >= 0.3 is 0 Å². The van der Waals surface area contributed by atoms with Crippen molar-refractivity contribution in [3.8, 4) is 0 Å². The van der Waals surface area contributed by atoms with E-state index in [0.717, 1.165) is 6.42 Å². The molecule has 0 aromatic heterocycles. The van der Waals surface area contributed by atoms with E-state index in [2.05, 4.69) is 13.8 Å². The fraction of sp³-hybridized carbons (Fsp3) is 0.933. The molecule has 0 saturated carbocycles. The van der Waals surface area contributed by atoms with E-state index in [-0.39, 0.29) is 23.5 Å². The molecule has 0 aliphatic heterocycles. The fourth-order valence-corrected chi connectivity index (χ4v) is 2.11. The summed E-state index contributed by atoms with van der Waals surface area (Å²) in [6.07, 6.45) is 0.904. The van der Waals surface area contributed by atoms with E-state index in [4.69, 9.17) is 4.74 Å². The molecule has 102 valence electrons. The van der Waals surface area contributed by atoms with Gasteiger partial charge in [-0.15, -0.1) is 0 Å². The van der Waals surface area contributed by atoms with Crippen LogP contribution in [0.4, 0.5) is 0 Å². The summed E-state index contributed by atoms with van der Waals surface area (Å²) >= 11 is 0. The summed E-state index contributed by atoms with van der Waals surface area (Å²) in [4.78, 5) is 12.2. The average molecular weight is 242 g/mol. The second-order valence-corrected chi connectivity index (χ2v) is 6.73. The van der Waals surface area contributed by atoms with E-state index in [0.29, 0.717) is 11.7 Å². The lowest BCUT2D eigenvalue weighted by atomic mass is 9.84. The predicted octanol–water partition coefficient (Wildman–Crippen LogP) is 4.08. The zero-order chi connectivity index (χ0) is 13.8. The van der Waals surface area contributed by atoms with E-state index in [1.807, 2.05) is 41.5 Å². The summed E-state index contributed by atoms with van der Waals surface area (Å²) in [5.41, 5.74) is -0.189. The van der Waals surface area contributed by atoms with E-state index < -0.39 is 0 Å². The Morgan fingerprint density at radius 3 is 1.82 bits per heavy atom. The Kier molecular flexibility index (Phi) is 6.39. The average Bonchev–Trinajstić information content (AvgIpc) is 2.09. The van der Waals surface area contributed by atoms with Gasteiger partial charge in [-0.2, -0.15) is 0 Å². The molecule has 0 spiro atoms. The number of carbonyl (C=O) groups excluding carboxylic acids is 1. The second kappa shape index (κ2) is 6.53. The molecule has 0 fully saturated rings. The van der Waals surface area contributed by atoms with Crippen LogP contribution in [0.1, 0.15) is 61.8 Å². The van der Waals surface area contributed by atoms with Gasteiger partial charge in [0.1, 0.15) is 5.78 Å². The molecule has 2 atom stereocenters. The third-order valence-electron chi connectivity index (χ3n) is 2.77. The van der Waals surface area contributed by atoms with Crippen LogP contribution >= 0.6 is 0 Å². The molecule has 0 aliphatic rings. The van der Waals surface area contributed by atoms with Crippen molar-refractivity contribution in [2.75, 3.05) is 0 Å². The molecular weight excluding hydrogens is 212 g/mol. The first-order chi connectivity index (χ1) is 7.54. The van der Waals surface area contributed by atoms with Gasteiger partial charge in [0.05, 0.1) is 11.7 Å². The molecule has 0 N–H and O–H groups in total. The van der Waals surface area contributed by atoms with E-state index in [1.54, 1.807) is 0 Å². The molecule has 0 rings (SSSR count). The SMILES string of the molecule is CC(C)CC(C(=O)C(C)C)C(C)OC(C)(C)C. The molecule has 0 aliphatic carbocycles. The smallest absolute Gasteiger partial charge is 0.141 e. The quantitative estimate of drug-likeness (QED) is 0.701. The molecule has 17 heavy (non-hydrogen) atoms. The molecule has 0 heterocycles. The van der Waals surface area contributed by atoms with Crippen LogP contribution in [0.15, 0.2) is 0 Å². The van der Waals surface area contributed by atoms with Crippen LogP contribution in [0.3, 0.4) is 0 Å². The van der Waals surface area contributed by atoms with E-state index in [1.165, 1.54) is 0 Å².